The van der Waals surface area contributed by atoms with Crippen LogP contribution in [0.1, 0.15) is 10.4 Å². The molecular formula is C10H8BrClFNO2. The lowest BCUT2D eigenvalue weighted by atomic mass is 10.1. The second-order valence-electron chi connectivity index (χ2n) is 2.75. The summed E-state index contributed by atoms with van der Waals surface area (Å²) in [6, 6.07) is 1.31. The van der Waals surface area contributed by atoms with E-state index in [-0.39, 0.29) is 20.7 Å². The molecule has 0 fully saturated rings. The van der Waals surface area contributed by atoms with Crippen molar-refractivity contribution in [3.63, 3.8) is 0 Å². The maximum Gasteiger partial charge on any atom is 0.340 e. The van der Waals surface area contributed by atoms with Crippen LogP contribution in [0.25, 0.3) is 0 Å². The topological polar surface area (TPSA) is 38.3 Å². The molecule has 0 heterocycles. The van der Waals surface area contributed by atoms with Gasteiger partial charge in [0.2, 0.25) is 0 Å². The second kappa shape index (κ2) is 5.32. The van der Waals surface area contributed by atoms with Crippen molar-refractivity contribution in [2.24, 2.45) is 0 Å². The summed E-state index contributed by atoms with van der Waals surface area (Å²) in [5.41, 5.74) is -0.0220. The zero-order valence-corrected chi connectivity index (χ0v) is 10.7. The Hall–Kier alpha value is -1.07. The SMILES string of the molecule is C=CNc1c(C(=O)OC)cc(Cl)c(Br)c1F. The third kappa shape index (κ3) is 2.36. The van der Waals surface area contributed by atoms with Gasteiger partial charge >= 0.3 is 5.97 Å². The van der Waals surface area contributed by atoms with Crippen LogP contribution in [0.2, 0.25) is 5.02 Å². The molecule has 1 aromatic carbocycles. The molecule has 3 nitrogen and oxygen atoms in total. The summed E-state index contributed by atoms with van der Waals surface area (Å²) in [6.45, 7) is 3.40. The monoisotopic (exact) mass is 307 g/mol. The number of carbonyl (C=O) groups excluding carboxylic acids is 1. The van der Waals surface area contributed by atoms with E-state index in [0.717, 1.165) is 0 Å². The second-order valence-corrected chi connectivity index (χ2v) is 3.95. The number of carbonyl (C=O) groups is 1. The Bertz CT molecular complexity index is 451. The van der Waals surface area contributed by atoms with Gasteiger partial charge in [-0.15, -0.1) is 0 Å². The molecular weight excluding hydrogens is 300 g/mol. The van der Waals surface area contributed by atoms with Gasteiger partial charge in [-0.25, -0.2) is 9.18 Å². The fourth-order valence-electron chi connectivity index (χ4n) is 1.11. The average molecular weight is 309 g/mol. The first-order valence-electron chi connectivity index (χ1n) is 4.16. The largest absolute Gasteiger partial charge is 0.465 e. The molecule has 1 aromatic rings. The van der Waals surface area contributed by atoms with Crippen molar-refractivity contribution in [2.75, 3.05) is 12.4 Å². The van der Waals surface area contributed by atoms with Crippen LogP contribution in [0.4, 0.5) is 10.1 Å². The van der Waals surface area contributed by atoms with Gasteiger partial charge in [0.15, 0.2) is 5.82 Å². The minimum atomic E-state index is -0.683. The highest BCUT2D eigenvalue weighted by molar-refractivity contribution is 9.10. The normalized spacial score (nSPS) is 9.75. The lowest BCUT2D eigenvalue weighted by molar-refractivity contribution is 0.0601. The molecule has 6 heteroatoms. The van der Waals surface area contributed by atoms with Gasteiger partial charge in [0.1, 0.15) is 0 Å². The van der Waals surface area contributed by atoms with E-state index in [9.17, 15) is 9.18 Å². The third-order valence-electron chi connectivity index (χ3n) is 1.81. The molecule has 0 amide bonds. The maximum absolute atomic E-state index is 13.8. The van der Waals surface area contributed by atoms with E-state index in [1.165, 1.54) is 19.4 Å². The highest BCUT2D eigenvalue weighted by atomic mass is 79.9. The molecule has 0 aliphatic heterocycles. The molecule has 0 atom stereocenters. The number of anilines is 1. The van der Waals surface area contributed by atoms with Crippen molar-refractivity contribution in [3.05, 3.63) is 39.7 Å². The van der Waals surface area contributed by atoms with Gasteiger partial charge in [-0.3, -0.25) is 0 Å². The number of hydrogen-bond donors (Lipinski definition) is 1. The number of nitrogens with one attached hydrogen (secondary N) is 1. The Morgan fingerprint density at radius 1 is 1.75 bits per heavy atom. The van der Waals surface area contributed by atoms with Crippen LogP contribution in [0.5, 0.6) is 0 Å². The van der Waals surface area contributed by atoms with Gasteiger partial charge in [0.25, 0.3) is 0 Å². The van der Waals surface area contributed by atoms with E-state index in [1.54, 1.807) is 0 Å². The smallest absolute Gasteiger partial charge is 0.340 e. The predicted octanol–water partition coefficient (Wildman–Crippen LogP) is 3.58. The summed E-state index contributed by atoms with van der Waals surface area (Å²) in [5.74, 6) is -1.36. The molecule has 0 spiro atoms. The van der Waals surface area contributed by atoms with Crippen molar-refractivity contribution < 1.29 is 13.9 Å². The van der Waals surface area contributed by atoms with Crippen molar-refractivity contribution >= 4 is 39.2 Å². The van der Waals surface area contributed by atoms with E-state index in [2.05, 4.69) is 32.6 Å². The zero-order valence-electron chi connectivity index (χ0n) is 8.31. The molecule has 0 radical (unpaired) electrons. The number of rotatable bonds is 3. The van der Waals surface area contributed by atoms with E-state index < -0.39 is 11.8 Å². The van der Waals surface area contributed by atoms with Crippen LogP contribution in [-0.4, -0.2) is 13.1 Å². The van der Waals surface area contributed by atoms with Crippen molar-refractivity contribution in [2.45, 2.75) is 0 Å². The Kier molecular flexibility index (Phi) is 4.32. The Morgan fingerprint density at radius 3 is 2.88 bits per heavy atom. The molecule has 1 N–H and O–H groups in total. The van der Waals surface area contributed by atoms with Crippen LogP contribution in [-0.2, 0) is 4.74 Å². The highest BCUT2D eigenvalue weighted by Gasteiger charge is 2.20. The number of benzene rings is 1. The number of halogens is 3. The standard InChI is InChI=1S/C10H8BrClFNO2/c1-3-14-9-5(10(15)16-2)4-6(12)7(11)8(9)13/h3-4,14H,1H2,2H3. The van der Waals surface area contributed by atoms with E-state index >= 15 is 0 Å². The summed E-state index contributed by atoms with van der Waals surface area (Å²) in [5, 5.41) is 2.62. The van der Waals surface area contributed by atoms with Gasteiger partial charge < -0.3 is 10.1 Å². The lowest BCUT2D eigenvalue weighted by Crippen LogP contribution is -2.07. The fourth-order valence-corrected chi connectivity index (χ4v) is 1.61. The maximum atomic E-state index is 13.8. The molecule has 0 bridgehead atoms. The Morgan fingerprint density at radius 2 is 2.38 bits per heavy atom. The van der Waals surface area contributed by atoms with Crippen LogP contribution >= 0.6 is 27.5 Å². The van der Waals surface area contributed by atoms with Crippen LogP contribution < -0.4 is 5.32 Å². The summed E-state index contributed by atoms with van der Waals surface area (Å²) in [7, 11) is 1.20. The predicted molar refractivity (Wildman–Crippen MR) is 64.3 cm³/mol. The third-order valence-corrected chi connectivity index (χ3v) is 3.12. The van der Waals surface area contributed by atoms with Crippen LogP contribution in [0.15, 0.2) is 23.3 Å². The van der Waals surface area contributed by atoms with Gasteiger partial charge in [-0.2, -0.15) is 0 Å². The fraction of sp³-hybridized carbons (Fsp3) is 0.100. The van der Waals surface area contributed by atoms with Crippen molar-refractivity contribution in [3.8, 4) is 0 Å². The first kappa shape index (κ1) is 13.0. The summed E-state index contributed by atoms with van der Waals surface area (Å²) in [4.78, 5) is 11.4. The van der Waals surface area contributed by atoms with Crippen LogP contribution in [0, 0.1) is 5.82 Å². The zero-order chi connectivity index (χ0) is 12.3. The minimum Gasteiger partial charge on any atom is -0.465 e. The Balaban J connectivity index is 3.46. The molecule has 0 unspecified atom stereocenters. The molecule has 0 aliphatic rings. The van der Waals surface area contributed by atoms with Gasteiger partial charge in [-0.05, 0) is 28.2 Å². The van der Waals surface area contributed by atoms with Gasteiger partial charge in [0, 0.05) is 0 Å². The number of esters is 1. The lowest BCUT2D eigenvalue weighted by Gasteiger charge is -2.11. The number of methoxy groups -OCH3 is 1. The average Bonchev–Trinajstić information content (AvgIpc) is 2.28. The molecule has 0 aliphatic carbocycles. The van der Waals surface area contributed by atoms with Crippen molar-refractivity contribution in [1.82, 2.24) is 0 Å². The van der Waals surface area contributed by atoms with E-state index in [0.29, 0.717) is 0 Å². The molecule has 0 saturated carbocycles. The first-order valence-corrected chi connectivity index (χ1v) is 5.33. The molecule has 0 aromatic heterocycles. The van der Waals surface area contributed by atoms with Crippen LogP contribution in [0.3, 0.4) is 0 Å². The molecule has 86 valence electrons. The summed E-state index contributed by atoms with van der Waals surface area (Å²) < 4.78 is 18.4. The highest BCUT2D eigenvalue weighted by Crippen LogP contribution is 2.34. The Labute approximate surface area is 105 Å². The van der Waals surface area contributed by atoms with Gasteiger partial charge in [0.05, 0.1) is 27.9 Å². The first-order chi connectivity index (χ1) is 7.52. The van der Waals surface area contributed by atoms with E-state index in [4.69, 9.17) is 11.6 Å². The quantitative estimate of drug-likeness (QED) is 0.685. The van der Waals surface area contributed by atoms with Crippen molar-refractivity contribution in [1.29, 1.82) is 0 Å². The van der Waals surface area contributed by atoms with Gasteiger partial charge in [-0.1, -0.05) is 18.2 Å². The number of hydrogen-bond acceptors (Lipinski definition) is 3. The summed E-state index contributed by atoms with van der Waals surface area (Å²) in [6.07, 6.45) is 1.26. The summed E-state index contributed by atoms with van der Waals surface area (Å²) >= 11 is 8.72. The molecule has 16 heavy (non-hydrogen) atoms. The molecule has 0 saturated heterocycles. The van der Waals surface area contributed by atoms with E-state index in [1.807, 2.05) is 0 Å². The number of ether oxygens (including phenoxy) is 1. The molecule has 1 rings (SSSR count). The minimum absolute atomic E-state index is 0.00750.